The third kappa shape index (κ3) is 3.74. The maximum atomic E-state index is 12.3. The van der Waals surface area contributed by atoms with Gasteiger partial charge in [-0.25, -0.2) is 4.79 Å². The molecule has 5 nitrogen and oxygen atoms in total. The van der Waals surface area contributed by atoms with Crippen molar-refractivity contribution in [3.8, 4) is 11.5 Å². The summed E-state index contributed by atoms with van der Waals surface area (Å²) in [5.74, 6) is 0.0377. The molecule has 0 aliphatic heterocycles. The molecule has 0 aliphatic rings. The number of aromatic hydroxyl groups is 1. The van der Waals surface area contributed by atoms with Gasteiger partial charge >= 0.3 is 5.97 Å². The topological polar surface area (TPSA) is 98.6 Å². The highest BCUT2D eigenvalue weighted by Crippen LogP contribution is 2.36. The molecule has 2 aromatic rings. The van der Waals surface area contributed by atoms with Gasteiger partial charge in [0.05, 0.1) is 5.56 Å². The summed E-state index contributed by atoms with van der Waals surface area (Å²) in [7, 11) is 0. The van der Waals surface area contributed by atoms with Crippen LogP contribution in [0, 0.1) is 6.92 Å². The van der Waals surface area contributed by atoms with Gasteiger partial charge in [0.2, 0.25) is 0 Å². The molecule has 0 unspecified atom stereocenters. The van der Waals surface area contributed by atoms with E-state index in [2.05, 4.69) is 0 Å². The number of rotatable bonds is 2. The highest BCUT2D eigenvalue weighted by atomic mass is 16.5. The molecule has 122 valence electrons. The van der Waals surface area contributed by atoms with Gasteiger partial charge in [-0.05, 0) is 48.2 Å². The van der Waals surface area contributed by atoms with E-state index in [4.69, 9.17) is 16.2 Å². The molecule has 0 bridgehead atoms. The summed E-state index contributed by atoms with van der Waals surface area (Å²) >= 11 is 0. The van der Waals surface area contributed by atoms with Crippen LogP contribution in [0.25, 0.3) is 0 Å². The van der Waals surface area contributed by atoms with Crippen LogP contribution in [0.15, 0.2) is 30.3 Å². The van der Waals surface area contributed by atoms with Crippen LogP contribution in [-0.2, 0) is 5.41 Å². The quantitative estimate of drug-likeness (QED) is 0.448. The van der Waals surface area contributed by atoms with Gasteiger partial charge < -0.3 is 21.3 Å². The normalized spacial score (nSPS) is 11.3. The van der Waals surface area contributed by atoms with Crippen LogP contribution in [0.1, 0.15) is 42.3 Å². The van der Waals surface area contributed by atoms with E-state index in [0.29, 0.717) is 28.3 Å². The van der Waals surface area contributed by atoms with E-state index >= 15 is 0 Å². The molecule has 2 rings (SSSR count). The van der Waals surface area contributed by atoms with Crippen molar-refractivity contribution in [2.75, 3.05) is 11.5 Å². The molecule has 0 aromatic heterocycles. The fourth-order valence-electron chi connectivity index (χ4n) is 2.34. The lowest BCUT2D eigenvalue weighted by Gasteiger charge is -2.22. The highest BCUT2D eigenvalue weighted by molar-refractivity contribution is 5.93. The fraction of sp³-hybridized carbons (Fsp3) is 0.278. The Morgan fingerprint density at radius 3 is 2.13 bits per heavy atom. The van der Waals surface area contributed by atoms with E-state index in [-0.39, 0.29) is 16.7 Å². The zero-order chi connectivity index (χ0) is 17.4. The minimum absolute atomic E-state index is 0.213. The Morgan fingerprint density at radius 1 is 1.04 bits per heavy atom. The van der Waals surface area contributed by atoms with E-state index in [1.807, 2.05) is 20.8 Å². The molecular weight excluding hydrogens is 292 g/mol. The number of hydrogen-bond acceptors (Lipinski definition) is 5. The van der Waals surface area contributed by atoms with Gasteiger partial charge in [0.1, 0.15) is 11.5 Å². The number of esters is 1. The van der Waals surface area contributed by atoms with Gasteiger partial charge in [-0.1, -0.05) is 20.8 Å². The van der Waals surface area contributed by atoms with Crippen molar-refractivity contribution in [3.63, 3.8) is 0 Å². The molecule has 0 saturated heterocycles. The Labute approximate surface area is 135 Å². The number of aryl methyl sites for hydroxylation is 1. The Hall–Kier alpha value is -2.69. The zero-order valence-corrected chi connectivity index (χ0v) is 13.8. The van der Waals surface area contributed by atoms with Crippen molar-refractivity contribution >= 4 is 17.3 Å². The molecule has 5 N–H and O–H groups in total. The summed E-state index contributed by atoms with van der Waals surface area (Å²) in [6.45, 7) is 7.70. The Kier molecular flexibility index (Phi) is 4.23. The standard InChI is InChI=1S/C18H22N2O3/c1-10-5-14(9-15(16(10)21)18(2,3)4)23-17(22)11-6-12(19)8-13(20)7-11/h5-9,21H,19-20H2,1-4H3. The zero-order valence-electron chi connectivity index (χ0n) is 13.8. The summed E-state index contributed by atoms with van der Waals surface area (Å²) in [6.07, 6.45) is 0. The van der Waals surface area contributed by atoms with E-state index in [9.17, 15) is 9.90 Å². The van der Waals surface area contributed by atoms with Crippen LogP contribution in [0.2, 0.25) is 0 Å². The molecule has 23 heavy (non-hydrogen) atoms. The number of carbonyl (C=O) groups excluding carboxylic acids is 1. The molecule has 5 heteroatoms. The fourth-order valence-corrected chi connectivity index (χ4v) is 2.34. The second kappa shape index (κ2) is 5.83. The molecule has 0 fully saturated rings. The lowest BCUT2D eigenvalue weighted by atomic mass is 9.85. The minimum atomic E-state index is -0.547. The number of nitrogen functional groups attached to an aromatic ring is 2. The van der Waals surface area contributed by atoms with E-state index < -0.39 is 5.97 Å². The lowest BCUT2D eigenvalue weighted by Crippen LogP contribution is -2.14. The van der Waals surface area contributed by atoms with E-state index in [1.165, 1.54) is 12.1 Å². The van der Waals surface area contributed by atoms with Crippen molar-refractivity contribution in [2.24, 2.45) is 0 Å². The monoisotopic (exact) mass is 314 g/mol. The number of anilines is 2. The van der Waals surface area contributed by atoms with E-state index in [0.717, 1.165) is 0 Å². The largest absolute Gasteiger partial charge is 0.507 e. The molecule has 2 aromatic carbocycles. The van der Waals surface area contributed by atoms with Gasteiger partial charge in [-0.3, -0.25) is 0 Å². The molecular formula is C18H22N2O3. The summed E-state index contributed by atoms with van der Waals surface area (Å²) < 4.78 is 5.42. The van der Waals surface area contributed by atoms with Crippen LogP contribution in [0.5, 0.6) is 11.5 Å². The van der Waals surface area contributed by atoms with Gasteiger partial charge in [-0.2, -0.15) is 0 Å². The summed E-state index contributed by atoms with van der Waals surface area (Å²) in [6, 6.07) is 7.89. The number of phenols is 1. The van der Waals surface area contributed by atoms with Crippen LogP contribution < -0.4 is 16.2 Å². The molecule has 0 saturated carbocycles. The average Bonchev–Trinajstić information content (AvgIpc) is 2.40. The van der Waals surface area contributed by atoms with Crippen LogP contribution >= 0.6 is 0 Å². The molecule has 0 spiro atoms. The number of nitrogens with two attached hydrogens (primary N) is 2. The van der Waals surface area contributed by atoms with Crippen molar-refractivity contribution in [1.29, 1.82) is 0 Å². The van der Waals surface area contributed by atoms with E-state index in [1.54, 1.807) is 25.1 Å². The van der Waals surface area contributed by atoms with Gasteiger partial charge in [-0.15, -0.1) is 0 Å². The smallest absolute Gasteiger partial charge is 0.343 e. The summed E-state index contributed by atoms with van der Waals surface area (Å²) in [4.78, 5) is 12.3. The van der Waals surface area contributed by atoms with Crippen molar-refractivity contribution < 1.29 is 14.6 Å². The molecule has 0 atom stereocenters. The van der Waals surface area contributed by atoms with Crippen LogP contribution in [-0.4, -0.2) is 11.1 Å². The number of benzene rings is 2. The Balaban J connectivity index is 2.36. The van der Waals surface area contributed by atoms with Crippen molar-refractivity contribution in [1.82, 2.24) is 0 Å². The summed E-state index contributed by atoms with van der Waals surface area (Å²) in [5.41, 5.74) is 13.5. The number of ether oxygens (including phenoxy) is 1. The second-order valence-electron chi connectivity index (χ2n) is 6.66. The predicted molar refractivity (Wildman–Crippen MR) is 91.8 cm³/mol. The van der Waals surface area contributed by atoms with Gasteiger partial charge in [0.25, 0.3) is 0 Å². The first kappa shape index (κ1) is 16.7. The highest BCUT2D eigenvalue weighted by Gasteiger charge is 2.21. The maximum absolute atomic E-state index is 12.3. The lowest BCUT2D eigenvalue weighted by molar-refractivity contribution is 0.0734. The molecule has 0 amide bonds. The maximum Gasteiger partial charge on any atom is 0.343 e. The first-order chi connectivity index (χ1) is 10.6. The van der Waals surface area contributed by atoms with Crippen molar-refractivity contribution in [3.05, 3.63) is 47.0 Å². The average molecular weight is 314 g/mol. The first-order valence-electron chi connectivity index (χ1n) is 7.30. The number of phenolic OH excluding ortho intramolecular Hbond substituents is 1. The summed E-state index contributed by atoms with van der Waals surface area (Å²) in [5, 5.41) is 10.2. The van der Waals surface area contributed by atoms with Crippen LogP contribution in [0.4, 0.5) is 11.4 Å². The third-order valence-electron chi connectivity index (χ3n) is 3.51. The Bertz CT molecular complexity index is 741. The number of carbonyl (C=O) groups is 1. The first-order valence-corrected chi connectivity index (χ1v) is 7.30. The molecule has 0 aliphatic carbocycles. The molecule has 0 radical (unpaired) electrons. The second-order valence-corrected chi connectivity index (χ2v) is 6.66. The minimum Gasteiger partial charge on any atom is -0.507 e. The Morgan fingerprint density at radius 2 is 1.61 bits per heavy atom. The SMILES string of the molecule is Cc1cc(OC(=O)c2cc(N)cc(N)c2)cc(C(C)(C)C)c1O. The van der Waals surface area contributed by atoms with Gasteiger partial charge in [0, 0.05) is 16.9 Å². The predicted octanol–water partition coefficient (Wildman–Crippen LogP) is 3.38. The van der Waals surface area contributed by atoms with Crippen LogP contribution in [0.3, 0.4) is 0 Å². The van der Waals surface area contributed by atoms with Gasteiger partial charge in [0.15, 0.2) is 0 Å². The molecule has 0 heterocycles. The number of hydrogen-bond donors (Lipinski definition) is 3. The van der Waals surface area contributed by atoms with Crippen molar-refractivity contribution in [2.45, 2.75) is 33.1 Å². The third-order valence-corrected chi connectivity index (χ3v) is 3.51.